The second-order valence-electron chi connectivity index (χ2n) is 3.98. The average molecular weight is 186 g/mol. The highest BCUT2D eigenvalue weighted by Crippen LogP contribution is 2.29. The average Bonchev–Trinajstić information content (AvgIpc) is 2.19. The van der Waals surface area contributed by atoms with Gasteiger partial charge in [0.2, 0.25) is 0 Å². The van der Waals surface area contributed by atoms with E-state index >= 15 is 0 Å². The van der Waals surface area contributed by atoms with Gasteiger partial charge in [-0.05, 0) is 18.9 Å². The van der Waals surface area contributed by atoms with Crippen LogP contribution in [0.2, 0.25) is 0 Å². The molecule has 0 nitrogen and oxygen atoms in total. The Bertz CT molecular complexity index is 318. The molecule has 0 N–H and O–H groups in total. The predicted molar refractivity (Wildman–Crippen MR) is 63.5 cm³/mol. The molecule has 0 radical (unpaired) electrons. The fourth-order valence-electron chi connectivity index (χ4n) is 1.55. The van der Waals surface area contributed by atoms with Crippen LogP contribution >= 0.6 is 0 Å². The summed E-state index contributed by atoms with van der Waals surface area (Å²) >= 11 is 0. The van der Waals surface area contributed by atoms with Crippen LogP contribution in [0, 0.1) is 6.92 Å². The Morgan fingerprint density at radius 1 is 1.21 bits per heavy atom. The first-order chi connectivity index (χ1) is 6.62. The molecule has 74 valence electrons. The molecule has 0 fully saturated rings. The molecule has 0 saturated heterocycles. The van der Waals surface area contributed by atoms with E-state index in [4.69, 9.17) is 0 Å². The van der Waals surface area contributed by atoms with Crippen molar-refractivity contribution in [3.05, 3.63) is 60.7 Å². The molecule has 0 aromatic heterocycles. The van der Waals surface area contributed by atoms with Gasteiger partial charge in [0, 0.05) is 5.41 Å². The second-order valence-corrected chi connectivity index (χ2v) is 3.98. The Balaban J connectivity index is 3.05. The van der Waals surface area contributed by atoms with Crippen LogP contribution in [0.4, 0.5) is 0 Å². The first-order valence-corrected chi connectivity index (χ1v) is 4.94. The fourth-order valence-corrected chi connectivity index (χ4v) is 1.55. The Labute approximate surface area is 87.0 Å². The lowest BCUT2D eigenvalue weighted by Crippen LogP contribution is -2.17. The minimum absolute atomic E-state index is 0.0233. The van der Waals surface area contributed by atoms with E-state index in [-0.39, 0.29) is 5.41 Å². The van der Waals surface area contributed by atoms with Gasteiger partial charge in [-0.15, -0.1) is 13.2 Å². The molecule has 1 unspecified atom stereocenters. The van der Waals surface area contributed by atoms with Crippen LogP contribution in [0.5, 0.6) is 0 Å². The lowest BCUT2D eigenvalue weighted by Gasteiger charge is -2.24. The molecule has 0 spiro atoms. The molecule has 0 aliphatic rings. The maximum absolute atomic E-state index is 3.90. The third-order valence-corrected chi connectivity index (χ3v) is 2.73. The first kappa shape index (κ1) is 10.8. The molecular formula is C14H18. The molecular weight excluding hydrogens is 168 g/mol. The monoisotopic (exact) mass is 186 g/mol. The summed E-state index contributed by atoms with van der Waals surface area (Å²) in [7, 11) is 0. The van der Waals surface area contributed by atoms with Crippen molar-refractivity contribution >= 4 is 0 Å². The third kappa shape index (κ3) is 2.14. The van der Waals surface area contributed by atoms with Crippen molar-refractivity contribution in [1.82, 2.24) is 0 Å². The highest BCUT2D eigenvalue weighted by atomic mass is 14.2. The Morgan fingerprint density at radius 3 is 2.21 bits per heavy atom. The third-order valence-electron chi connectivity index (χ3n) is 2.73. The summed E-state index contributed by atoms with van der Waals surface area (Å²) in [6.45, 7) is 12.0. The van der Waals surface area contributed by atoms with Gasteiger partial charge in [0.25, 0.3) is 0 Å². The maximum atomic E-state index is 3.90. The molecule has 1 rings (SSSR count). The van der Waals surface area contributed by atoms with Crippen molar-refractivity contribution in [2.24, 2.45) is 0 Å². The van der Waals surface area contributed by atoms with Gasteiger partial charge in [-0.1, -0.05) is 48.9 Å². The van der Waals surface area contributed by atoms with E-state index < -0.39 is 0 Å². The van der Waals surface area contributed by atoms with E-state index in [1.54, 1.807) is 0 Å². The van der Waals surface area contributed by atoms with Crippen molar-refractivity contribution in [1.29, 1.82) is 0 Å². The summed E-state index contributed by atoms with van der Waals surface area (Å²) in [5.74, 6) is 0. The smallest absolute Gasteiger partial charge is 0.0135 e. The van der Waals surface area contributed by atoms with Crippen LogP contribution in [-0.4, -0.2) is 0 Å². The maximum Gasteiger partial charge on any atom is 0.0135 e. The zero-order valence-corrected chi connectivity index (χ0v) is 9.09. The van der Waals surface area contributed by atoms with E-state index in [0.717, 1.165) is 6.42 Å². The molecule has 0 aliphatic heterocycles. The summed E-state index contributed by atoms with van der Waals surface area (Å²) in [4.78, 5) is 0. The van der Waals surface area contributed by atoms with Crippen LogP contribution < -0.4 is 0 Å². The number of hydrogen-bond donors (Lipinski definition) is 0. The number of hydrogen-bond acceptors (Lipinski definition) is 0. The highest BCUT2D eigenvalue weighted by molar-refractivity contribution is 5.32. The van der Waals surface area contributed by atoms with Crippen LogP contribution in [0.25, 0.3) is 0 Å². The fraction of sp³-hybridized carbons (Fsp3) is 0.286. The normalized spacial score (nSPS) is 14.4. The largest absolute Gasteiger partial charge is 0.103 e. The minimum atomic E-state index is 0.0233. The van der Waals surface area contributed by atoms with E-state index in [1.807, 2.05) is 12.2 Å². The summed E-state index contributed by atoms with van der Waals surface area (Å²) < 4.78 is 0. The van der Waals surface area contributed by atoms with Gasteiger partial charge < -0.3 is 0 Å². The number of benzene rings is 1. The number of rotatable bonds is 4. The van der Waals surface area contributed by atoms with Gasteiger partial charge in [0.05, 0.1) is 0 Å². The second kappa shape index (κ2) is 4.28. The van der Waals surface area contributed by atoms with E-state index in [9.17, 15) is 0 Å². The molecule has 0 amide bonds. The van der Waals surface area contributed by atoms with Crippen LogP contribution in [-0.2, 0) is 5.41 Å². The lowest BCUT2D eigenvalue weighted by atomic mass is 9.79. The molecule has 0 bridgehead atoms. The van der Waals surface area contributed by atoms with Gasteiger partial charge in [0.1, 0.15) is 0 Å². The van der Waals surface area contributed by atoms with E-state index in [0.29, 0.717) is 0 Å². The molecule has 0 heteroatoms. The van der Waals surface area contributed by atoms with E-state index in [2.05, 4.69) is 51.3 Å². The SMILES string of the molecule is C=CCC(C)(C=C)c1ccc(C)cc1. The molecule has 0 heterocycles. The molecule has 0 saturated carbocycles. The molecule has 1 aromatic rings. The molecule has 0 aliphatic carbocycles. The van der Waals surface area contributed by atoms with Crippen molar-refractivity contribution in [2.45, 2.75) is 25.7 Å². The summed E-state index contributed by atoms with van der Waals surface area (Å²) in [6.07, 6.45) is 4.88. The van der Waals surface area contributed by atoms with Crippen LogP contribution in [0.1, 0.15) is 24.5 Å². The van der Waals surface area contributed by atoms with Gasteiger partial charge in [-0.2, -0.15) is 0 Å². The van der Waals surface area contributed by atoms with Gasteiger partial charge in [0.15, 0.2) is 0 Å². The van der Waals surface area contributed by atoms with Gasteiger partial charge >= 0.3 is 0 Å². The highest BCUT2D eigenvalue weighted by Gasteiger charge is 2.20. The zero-order chi connectivity index (χ0) is 10.6. The number of allylic oxidation sites excluding steroid dienone is 2. The van der Waals surface area contributed by atoms with Crippen molar-refractivity contribution in [3.8, 4) is 0 Å². The summed E-state index contributed by atoms with van der Waals surface area (Å²) in [6, 6.07) is 8.61. The zero-order valence-electron chi connectivity index (χ0n) is 9.09. The Kier molecular flexibility index (Phi) is 3.29. The Hall–Kier alpha value is -1.30. The van der Waals surface area contributed by atoms with Gasteiger partial charge in [-0.25, -0.2) is 0 Å². The minimum Gasteiger partial charge on any atom is -0.103 e. The predicted octanol–water partition coefficient (Wildman–Crippen LogP) is 4.01. The van der Waals surface area contributed by atoms with Crippen LogP contribution in [0.15, 0.2) is 49.6 Å². The van der Waals surface area contributed by atoms with E-state index in [1.165, 1.54) is 11.1 Å². The quantitative estimate of drug-likeness (QED) is 0.623. The van der Waals surface area contributed by atoms with Crippen LogP contribution in [0.3, 0.4) is 0 Å². The summed E-state index contributed by atoms with van der Waals surface area (Å²) in [5.41, 5.74) is 2.62. The first-order valence-electron chi connectivity index (χ1n) is 4.94. The van der Waals surface area contributed by atoms with Crippen molar-refractivity contribution in [3.63, 3.8) is 0 Å². The molecule has 14 heavy (non-hydrogen) atoms. The van der Waals surface area contributed by atoms with Crippen molar-refractivity contribution < 1.29 is 0 Å². The standard InChI is InChI=1S/C14H18/c1-5-11-14(4,6-2)13-9-7-12(3)8-10-13/h5-10H,1-2,11H2,3-4H3. The summed E-state index contributed by atoms with van der Waals surface area (Å²) in [5, 5.41) is 0. The topological polar surface area (TPSA) is 0 Å². The molecule has 1 aromatic carbocycles. The molecule has 1 atom stereocenters. The van der Waals surface area contributed by atoms with Crippen molar-refractivity contribution in [2.75, 3.05) is 0 Å². The lowest BCUT2D eigenvalue weighted by molar-refractivity contribution is 0.607. The van der Waals surface area contributed by atoms with Gasteiger partial charge in [-0.3, -0.25) is 0 Å². The number of aryl methyl sites for hydroxylation is 1. The Morgan fingerprint density at radius 2 is 1.79 bits per heavy atom.